The Balaban J connectivity index is 3.71. The van der Waals surface area contributed by atoms with Crippen LogP contribution in [0.4, 0.5) is 0 Å². The van der Waals surface area contributed by atoms with E-state index in [9.17, 15) is 4.79 Å². The van der Waals surface area contributed by atoms with Gasteiger partial charge in [-0.25, -0.2) is 0 Å². The number of nitrogens with zero attached hydrogens (tertiary/aromatic N) is 1. The van der Waals surface area contributed by atoms with Gasteiger partial charge in [-0.3, -0.25) is 4.79 Å². The highest BCUT2D eigenvalue weighted by Crippen LogP contribution is 1.92. The Morgan fingerprint density at radius 1 is 1.33 bits per heavy atom. The van der Waals surface area contributed by atoms with Crippen molar-refractivity contribution < 1.29 is 4.79 Å². The fourth-order valence-electron chi connectivity index (χ4n) is 1.50. The fraction of sp³-hybridized carbons (Fsp3) is 0.909. The summed E-state index contributed by atoms with van der Waals surface area (Å²) in [5, 5.41) is 5.96. The van der Waals surface area contributed by atoms with Crippen molar-refractivity contribution in [2.24, 2.45) is 0 Å². The van der Waals surface area contributed by atoms with Crippen LogP contribution in [0.5, 0.6) is 0 Å². The maximum atomic E-state index is 11.4. The Labute approximate surface area is 93.4 Å². The second-order valence-electron chi connectivity index (χ2n) is 3.81. The molecule has 1 amide bonds. The molecule has 15 heavy (non-hydrogen) atoms. The molecule has 1 atom stereocenters. The van der Waals surface area contributed by atoms with Gasteiger partial charge in [0.1, 0.15) is 0 Å². The lowest BCUT2D eigenvalue weighted by molar-refractivity contribution is -0.121. The van der Waals surface area contributed by atoms with Gasteiger partial charge in [0.2, 0.25) is 5.91 Å². The first kappa shape index (κ1) is 14.4. The molecular weight excluding hydrogens is 190 g/mol. The van der Waals surface area contributed by atoms with E-state index >= 15 is 0 Å². The van der Waals surface area contributed by atoms with Crippen LogP contribution in [-0.2, 0) is 4.79 Å². The van der Waals surface area contributed by atoms with Gasteiger partial charge >= 0.3 is 0 Å². The summed E-state index contributed by atoms with van der Waals surface area (Å²) in [4.78, 5) is 13.7. The summed E-state index contributed by atoms with van der Waals surface area (Å²) >= 11 is 0. The van der Waals surface area contributed by atoms with Crippen molar-refractivity contribution in [1.82, 2.24) is 15.5 Å². The van der Waals surface area contributed by atoms with Crippen LogP contribution in [0.25, 0.3) is 0 Å². The van der Waals surface area contributed by atoms with E-state index in [2.05, 4.69) is 36.3 Å². The van der Waals surface area contributed by atoms with Gasteiger partial charge in [0.25, 0.3) is 0 Å². The molecule has 0 spiro atoms. The Morgan fingerprint density at radius 2 is 1.93 bits per heavy atom. The average molecular weight is 215 g/mol. The molecule has 4 nitrogen and oxygen atoms in total. The Hall–Kier alpha value is -0.610. The van der Waals surface area contributed by atoms with E-state index in [1.165, 1.54) is 0 Å². The molecule has 0 fully saturated rings. The molecular formula is C11H25N3O. The quantitative estimate of drug-likeness (QED) is 0.617. The lowest BCUT2D eigenvalue weighted by Crippen LogP contribution is -2.42. The van der Waals surface area contributed by atoms with E-state index in [1.54, 1.807) is 0 Å². The van der Waals surface area contributed by atoms with E-state index in [0.717, 1.165) is 26.2 Å². The summed E-state index contributed by atoms with van der Waals surface area (Å²) in [5.41, 5.74) is 0. The third kappa shape index (κ3) is 7.33. The third-order valence-electron chi connectivity index (χ3n) is 2.44. The van der Waals surface area contributed by atoms with Crippen molar-refractivity contribution in [2.45, 2.75) is 33.2 Å². The first-order valence-corrected chi connectivity index (χ1v) is 5.80. The predicted molar refractivity (Wildman–Crippen MR) is 63.9 cm³/mol. The number of carbonyl (C=O) groups excluding carboxylic acids is 1. The van der Waals surface area contributed by atoms with Crippen molar-refractivity contribution in [2.75, 3.05) is 33.2 Å². The van der Waals surface area contributed by atoms with Gasteiger partial charge in [-0.1, -0.05) is 13.8 Å². The predicted octanol–water partition coefficient (Wildman–Crippen LogP) is 0.442. The molecule has 0 aromatic rings. The molecule has 0 aliphatic heterocycles. The monoisotopic (exact) mass is 215 g/mol. The first-order valence-electron chi connectivity index (χ1n) is 5.80. The largest absolute Gasteiger partial charge is 0.352 e. The Kier molecular flexibility index (Phi) is 8.33. The summed E-state index contributed by atoms with van der Waals surface area (Å²) in [7, 11) is 1.85. The summed E-state index contributed by atoms with van der Waals surface area (Å²) in [6.45, 7) is 10.1. The van der Waals surface area contributed by atoms with Gasteiger partial charge in [0, 0.05) is 25.6 Å². The van der Waals surface area contributed by atoms with Crippen LogP contribution in [0.15, 0.2) is 0 Å². The number of carbonyl (C=O) groups is 1. The number of hydrogen-bond donors (Lipinski definition) is 2. The van der Waals surface area contributed by atoms with E-state index in [-0.39, 0.29) is 11.9 Å². The van der Waals surface area contributed by atoms with Crippen LogP contribution >= 0.6 is 0 Å². The number of rotatable bonds is 8. The molecule has 0 heterocycles. The highest BCUT2D eigenvalue weighted by molar-refractivity contribution is 5.76. The molecule has 0 aromatic carbocycles. The average Bonchev–Trinajstić information content (AvgIpc) is 2.22. The topological polar surface area (TPSA) is 44.4 Å². The van der Waals surface area contributed by atoms with E-state index in [1.807, 2.05) is 7.05 Å². The molecule has 0 aliphatic carbocycles. The molecule has 0 saturated carbocycles. The molecule has 1 unspecified atom stereocenters. The van der Waals surface area contributed by atoms with E-state index < -0.39 is 0 Å². The van der Waals surface area contributed by atoms with Gasteiger partial charge < -0.3 is 15.5 Å². The van der Waals surface area contributed by atoms with Gasteiger partial charge in [-0.2, -0.15) is 0 Å². The molecule has 2 N–H and O–H groups in total. The second kappa shape index (κ2) is 8.68. The molecule has 0 aromatic heterocycles. The van der Waals surface area contributed by atoms with Gasteiger partial charge in [0.15, 0.2) is 0 Å². The number of likely N-dealkylation sites (N-methyl/N-ethyl adjacent to an activating group) is 1. The van der Waals surface area contributed by atoms with Crippen LogP contribution in [-0.4, -0.2) is 50.1 Å². The SMILES string of the molecule is CCN(CC)CC(C)NC(=O)CCNC. The Bertz CT molecular complexity index is 169. The lowest BCUT2D eigenvalue weighted by Gasteiger charge is -2.23. The van der Waals surface area contributed by atoms with Crippen LogP contribution in [0.3, 0.4) is 0 Å². The van der Waals surface area contributed by atoms with Crippen LogP contribution in [0.2, 0.25) is 0 Å². The summed E-state index contributed by atoms with van der Waals surface area (Å²) < 4.78 is 0. The molecule has 0 radical (unpaired) electrons. The molecule has 0 saturated heterocycles. The van der Waals surface area contributed by atoms with Crippen molar-refractivity contribution in [3.05, 3.63) is 0 Å². The van der Waals surface area contributed by atoms with Crippen LogP contribution in [0.1, 0.15) is 27.2 Å². The number of hydrogen-bond acceptors (Lipinski definition) is 3. The normalized spacial score (nSPS) is 12.9. The molecule has 90 valence electrons. The van der Waals surface area contributed by atoms with E-state index in [4.69, 9.17) is 0 Å². The van der Waals surface area contributed by atoms with Crippen LogP contribution < -0.4 is 10.6 Å². The van der Waals surface area contributed by atoms with Crippen LogP contribution in [0, 0.1) is 0 Å². The van der Waals surface area contributed by atoms with Crippen molar-refractivity contribution >= 4 is 5.91 Å². The zero-order valence-electron chi connectivity index (χ0n) is 10.5. The Morgan fingerprint density at radius 3 is 2.40 bits per heavy atom. The molecule has 0 rings (SSSR count). The standard InChI is InChI=1S/C11H25N3O/c1-5-14(6-2)9-10(3)13-11(15)7-8-12-4/h10,12H,5-9H2,1-4H3,(H,13,15). The fourth-order valence-corrected chi connectivity index (χ4v) is 1.50. The summed E-state index contributed by atoms with van der Waals surface area (Å²) in [6.07, 6.45) is 0.555. The third-order valence-corrected chi connectivity index (χ3v) is 2.44. The van der Waals surface area contributed by atoms with Crippen molar-refractivity contribution in [3.63, 3.8) is 0 Å². The lowest BCUT2D eigenvalue weighted by atomic mass is 10.2. The minimum atomic E-state index is 0.129. The zero-order chi connectivity index (χ0) is 11.7. The van der Waals surface area contributed by atoms with Gasteiger partial charge in [-0.15, -0.1) is 0 Å². The second-order valence-corrected chi connectivity index (χ2v) is 3.81. The minimum Gasteiger partial charge on any atom is -0.352 e. The van der Waals surface area contributed by atoms with Crippen molar-refractivity contribution in [3.8, 4) is 0 Å². The molecule has 4 heteroatoms. The van der Waals surface area contributed by atoms with Crippen molar-refractivity contribution in [1.29, 1.82) is 0 Å². The summed E-state index contributed by atoms with van der Waals surface area (Å²) in [5.74, 6) is 0.129. The summed E-state index contributed by atoms with van der Waals surface area (Å²) in [6, 6.07) is 0.231. The first-order chi connectivity index (χ1) is 7.13. The molecule has 0 bridgehead atoms. The maximum absolute atomic E-state index is 11.4. The maximum Gasteiger partial charge on any atom is 0.221 e. The zero-order valence-corrected chi connectivity index (χ0v) is 10.5. The smallest absolute Gasteiger partial charge is 0.221 e. The number of amides is 1. The van der Waals surface area contributed by atoms with Gasteiger partial charge in [0.05, 0.1) is 0 Å². The highest BCUT2D eigenvalue weighted by atomic mass is 16.1. The minimum absolute atomic E-state index is 0.129. The van der Waals surface area contributed by atoms with Gasteiger partial charge in [-0.05, 0) is 27.1 Å². The molecule has 0 aliphatic rings. The highest BCUT2D eigenvalue weighted by Gasteiger charge is 2.09. The van der Waals surface area contributed by atoms with E-state index in [0.29, 0.717) is 6.42 Å². The number of nitrogens with one attached hydrogen (secondary N) is 2.